The highest BCUT2D eigenvalue weighted by molar-refractivity contribution is 5.69. The summed E-state index contributed by atoms with van der Waals surface area (Å²) in [5.74, 6) is -0.117. The number of carbonyl (C=O) groups excluding carboxylic acids is 1. The predicted molar refractivity (Wildman–Crippen MR) is 146 cm³/mol. The molecule has 1 atom stereocenters. The quantitative estimate of drug-likeness (QED) is 0.132. The molecule has 2 aromatic carbocycles. The summed E-state index contributed by atoms with van der Waals surface area (Å²) in [5, 5.41) is 0. The third-order valence-corrected chi connectivity index (χ3v) is 6.60. The van der Waals surface area contributed by atoms with E-state index in [1.165, 1.54) is 77.0 Å². The van der Waals surface area contributed by atoms with Crippen LogP contribution in [0.2, 0.25) is 0 Å². The van der Waals surface area contributed by atoms with Crippen molar-refractivity contribution in [3.8, 4) is 0 Å². The molecule has 194 valence electrons. The van der Waals surface area contributed by atoms with Gasteiger partial charge in [-0.1, -0.05) is 151 Å². The lowest BCUT2D eigenvalue weighted by molar-refractivity contribution is -0.148. The van der Waals surface area contributed by atoms with Crippen molar-refractivity contribution >= 4 is 5.97 Å². The lowest BCUT2D eigenvalue weighted by Gasteiger charge is -2.18. The molecule has 0 saturated heterocycles. The van der Waals surface area contributed by atoms with Crippen LogP contribution in [0.15, 0.2) is 60.7 Å². The van der Waals surface area contributed by atoms with Crippen LogP contribution in [0.5, 0.6) is 0 Å². The highest BCUT2D eigenvalue weighted by Crippen LogP contribution is 2.20. The van der Waals surface area contributed by atoms with Crippen LogP contribution in [0, 0.1) is 0 Å². The number of benzene rings is 2. The molecule has 0 heterocycles. The summed E-state index contributed by atoms with van der Waals surface area (Å²) in [6.45, 7) is 3.03. The van der Waals surface area contributed by atoms with E-state index >= 15 is 0 Å². The zero-order valence-corrected chi connectivity index (χ0v) is 22.1. The van der Waals surface area contributed by atoms with Gasteiger partial charge in [-0.3, -0.25) is 4.79 Å². The highest BCUT2D eigenvalue weighted by Gasteiger charge is 2.15. The molecule has 0 N–H and O–H groups in total. The molecular weight excluding hydrogens is 432 g/mol. The molecule has 2 rings (SSSR count). The first-order valence-corrected chi connectivity index (χ1v) is 14.2. The Hall–Kier alpha value is -2.13. The maximum absolute atomic E-state index is 12.3. The maximum Gasteiger partial charge on any atom is 0.305 e. The average Bonchev–Trinajstić information content (AvgIpc) is 2.90. The van der Waals surface area contributed by atoms with E-state index in [-0.39, 0.29) is 18.7 Å². The molecular formula is C32H48O3. The van der Waals surface area contributed by atoms with Crippen LogP contribution >= 0.6 is 0 Å². The first kappa shape index (κ1) is 29.1. The molecule has 0 aliphatic carbocycles. The summed E-state index contributed by atoms with van der Waals surface area (Å²) in [5.41, 5.74) is 2.15. The molecule has 3 nitrogen and oxygen atoms in total. The van der Waals surface area contributed by atoms with Gasteiger partial charge in [0.15, 0.2) is 0 Å². The summed E-state index contributed by atoms with van der Waals surface area (Å²) in [4.78, 5) is 12.3. The number of esters is 1. The topological polar surface area (TPSA) is 35.5 Å². The van der Waals surface area contributed by atoms with Gasteiger partial charge in [0, 0.05) is 6.42 Å². The van der Waals surface area contributed by atoms with Crippen molar-refractivity contribution in [1.29, 1.82) is 0 Å². The highest BCUT2D eigenvalue weighted by atomic mass is 16.6. The number of ether oxygens (including phenoxy) is 2. The molecule has 0 amide bonds. The third-order valence-electron chi connectivity index (χ3n) is 6.60. The fourth-order valence-corrected chi connectivity index (χ4v) is 4.38. The molecule has 0 aromatic heterocycles. The Morgan fingerprint density at radius 1 is 0.657 bits per heavy atom. The fraction of sp³-hybridized carbons (Fsp3) is 0.594. The third kappa shape index (κ3) is 14.8. The molecule has 0 spiro atoms. The lowest BCUT2D eigenvalue weighted by atomic mass is 10.0. The molecule has 0 aliphatic rings. The van der Waals surface area contributed by atoms with Crippen LogP contribution < -0.4 is 0 Å². The van der Waals surface area contributed by atoms with E-state index in [1.54, 1.807) is 0 Å². The SMILES string of the molecule is CCCCCCCCCCCCCCCCC(=O)OCC(OCc1ccccc1)c1ccccc1. The van der Waals surface area contributed by atoms with Crippen molar-refractivity contribution in [3.63, 3.8) is 0 Å². The Kier molecular flexibility index (Phi) is 16.7. The fourth-order valence-electron chi connectivity index (χ4n) is 4.38. The van der Waals surface area contributed by atoms with Crippen molar-refractivity contribution in [2.24, 2.45) is 0 Å². The van der Waals surface area contributed by atoms with Gasteiger partial charge in [0.05, 0.1) is 6.61 Å². The minimum atomic E-state index is -0.253. The Morgan fingerprint density at radius 2 is 1.14 bits per heavy atom. The van der Waals surface area contributed by atoms with E-state index in [2.05, 4.69) is 6.92 Å². The molecule has 1 unspecified atom stereocenters. The van der Waals surface area contributed by atoms with E-state index in [1.807, 2.05) is 60.7 Å². The summed E-state index contributed by atoms with van der Waals surface area (Å²) in [6.07, 6.45) is 18.6. The van der Waals surface area contributed by atoms with Gasteiger partial charge in [-0.15, -0.1) is 0 Å². The van der Waals surface area contributed by atoms with E-state index in [4.69, 9.17) is 9.47 Å². The van der Waals surface area contributed by atoms with Gasteiger partial charge in [0.2, 0.25) is 0 Å². The summed E-state index contributed by atoms with van der Waals surface area (Å²) < 4.78 is 11.7. The molecule has 3 heteroatoms. The minimum Gasteiger partial charge on any atom is -0.463 e. The van der Waals surface area contributed by atoms with Gasteiger partial charge < -0.3 is 9.47 Å². The molecule has 0 bridgehead atoms. The lowest BCUT2D eigenvalue weighted by Crippen LogP contribution is -2.15. The molecule has 2 aromatic rings. The minimum absolute atomic E-state index is 0.117. The van der Waals surface area contributed by atoms with Crippen LogP contribution in [0.3, 0.4) is 0 Å². The van der Waals surface area contributed by atoms with Gasteiger partial charge in [-0.2, -0.15) is 0 Å². The maximum atomic E-state index is 12.3. The number of hydrogen-bond donors (Lipinski definition) is 0. The Labute approximate surface area is 214 Å². The van der Waals surface area contributed by atoms with Gasteiger partial charge in [0.25, 0.3) is 0 Å². The zero-order valence-electron chi connectivity index (χ0n) is 22.1. The van der Waals surface area contributed by atoms with Crippen molar-refractivity contribution in [2.75, 3.05) is 6.61 Å². The molecule has 0 saturated carbocycles. The van der Waals surface area contributed by atoms with Gasteiger partial charge in [-0.25, -0.2) is 0 Å². The van der Waals surface area contributed by atoms with E-state index in [9.17, 15) is 4.79 Å². The first-order valence-electron chi connectivity index (χ1n) is 14.2. The monoisotopic (exact) mass is 480 g/mol. The van der Waals surface area contributed by atoms with Crippen molar-refractivity contribution in [1.82, 2.24) is 0 Å². The largest absolute Gasteiger partial charge is 0.463 e. The van der Waals surface area contributed by atoms with Crippen LogP contribution in [-0.4, -0.2) is 12.6 Å². The average molecular weight is 481 g/mol. The Morgan fingerprint density at radius 3 is 1.69 bits per heavy atom. The van der Waals surface area contributed by atoms with Gasteiger partial charge in [0.1, 0.15) is 12.7 Å². The normalized spacial score (nSPS) is 11.9. The number of carbonyl (C=O) groups is 1. The summed E-state index contributed by atoms with van der Waals surface area (Å²) >= 11 is 0. The molecule has 0 aliphatic heterocycles. The first-order chi connectivity index (χ1) is 17.3. The van der Waals surface area contributed by atoms with Crippen LogP contribution in [0.4, 0.5) is 0 Å². The second kappa shape index (κ2) is 20.1. The Bertz CT molecular complexity index is 744. The van der Waals surface area contributed by atoms with Gasteiger partial charge >= 0.3 is 5.97 Å². The van der Waals surface area contributed by atoms with Crippen molar-refractivity contribution < 1.29 is 14.3 Å². The van der Waals surface area contributed by atoms with Crippen LogP contribution in [-0.2, 0) is 20.9 Å². The number of unbranched alkanes of at least 4 members (excludes halogenated alkanes) is 13. The Balaban J connectivity index is 1.50. The standard InChI is InChI=1S/C32H48O3/c1-2-3-4-5-6-7-8-9-10-11-12-13-14-21-26-32(33)35-28-31(30-24-19-16-20-25-30)34-27-29-22-17-15-18-23-29/h15-20,22-25,31H,2-14,21,26-28H2,1H3. The molecule has 0 fully saturated rings. The van der Waals surface area contributed by atoms with Crippen molar-refractivity contribution in [3.05, 3.63) is 71.8 Å². The van der Waals surface area contributed by atoms with Crippen LogP contribution in [0.1, 0.15) is 120 Å². The predicted octanol–water partition coefficient (Wildman–Crippen LogP) is 9.36. The van der Waals surface area contributed by atoms with Crippen molar-refractivity contribution in [2.45, 2.75) is 116 Å². The van der Waals surface area contributed by atoms with E-state index in [0.717, 1.165) is 24.0 Å². The number of hydrogen-bond acceptors (Lipinski definition) is 3. The second-order valence-electron chi connectivity index (χ2n) is 9.73. The van der Waals surface area contributed by atoms with E-state index in [0.29, 0.717) is 13.0 Å². The van der Waals surface area contributed by atoms with Crippen LogP contribution in [0.25, 0.3) is 0 Å². The van der Waals surface area contributed by atoms with Gasteiger partial charge in [-0.05, 0) is 17.5 Å². The molecule has 35 heavy (non-hydrogen) atoms. The summed E-state index contributed by atoms with van der Waals surface area (Å²) in [7, 11) is 0. The zero-order chi connectivity index (χ0) is 24.8. The number of rotatable bonds is 21. The summed E-state index contributed by atoms with van der Waals surface area (Å²) in [6, 6.07) is 20.1. The second-order valence-corrected chi connectivity index (χ2v) is 9.73. The smallest absolute Gasteiger partial charge is 0.305 e. The van der Waals surface area contributed by atoms with E-state index < -0.39 is 0 Å². The molecule has 0 radical (unpaired) electrons.